The molecule has 4 nitrogen and oxygen atoms in total. The quantitative estimate of drug-likeness (QED) is 0.837. The van der Waals surface area contributed by atoms with Crippen LogP contribution >= 0.6 is 0 Å². The second kappa shape index (κ2) is 8.18. The van der Waals surface area contributed by atoms with Gasteiger partial charge in [-0.3, -0.25) is 0 Å². The molecule has 0 saturated heterocycles. The van der Waals surface area contributed by atoms with Gasteiger partial charge in [0.2, 0.25) is 0 Å². The molecule has 0 radical (unpaired) electrons. The van der Waals surface area contributed by atoms with Crippen molar-refractivity contribution >= 4 is 0 Å². The highest BCUT2D eigenvalue weighted by molar-refractivity contribution is 5.36. The lowest BCUT2D eigenvalue weighted by molar-refractivity contribution is 0.403. The number of hydrogen-bond acceptors (Lipinski definition) is 4. The van der Waals surface area contributed by atoms with Crippen LogP contribution in [0.4, 0.5) is 0 Å². The van der Waals surface area contributed by atoms with Gasteiger partial charge in [0.15, 0.2) is 0 Å². The summed E-state index contributed by atoms with van der Waals surface area (Å²) in [6.07, 6.45) is 0. The summed E-state index contributed by atoms with van der Waals surface area (Å²) in [7, 11) is 3.28. The van der Waals surface area contributed by atoms with Gasteiger partial charge in [-0.1, -0.05) is 0 Å². The summed E-state index contributed by atoms with van der Waals surface area (Å²) in [5.41, 5.74) is 1.16. The van der Waals surface area contributed by atoms with Crippen molar-refractivity contribution in [2.75, 3.05) is 14.2 Å². The summed E-state index contributed by atoms with van der Waals surface area (Å²) in [6, 6.07) is 17.9. The van der Waals surface area contributed by atoms with Crippen LogP contribution in [0.25, 0.3) is 0 Å². The first-order chi connectivity index (χ1) is 9.73. The van der Waals surface area contributed by atoms with E-state index in [2.05, 4.69) is 0 Å². The summed E-state index contributed by atoms with van der Waals surface area (Å²) in [5, 5.41) is 16.7. The highest BCUT2D eigenvalue weighted by Crippen LogP contribution is 2.15. The summed E-state index contributed by atoms with van der Waals surface area (Å²) in [4.78, 5) is 0. The molecule has 0 saturated carbocycles. The highest BCUT2D eigenvalue weighted by atomic mass is 16.5. The van der Waals surface area contributed by atoms with Crippen molar-refractivity contribution < 1.29 is 9.47 Å². The summed E-state index contributed by atoms with van der Waals surface area (Å²) in [6.45, 7) is 0. The average Bonchev–Trinajstić information content (AvgIpc) is 2.55. The molecule has 0 fully saturated rings. The number of hydrogen-bond donors (Lipinski definition) is 0. The van der Waals surface area contributed by atoms with Gasteiger partial charge >= 0.3 is 0 Å². The van der Waals surface area contributed by atoms with Crippen molar-refractivity contribution in [2.45, 2.75) is 0 Å². The van der Waals surface area contributed by atoms with E-state index in [0.29, 0.717) is 11.1 Å². The van der Waals surface area contributed by atoms with E-state index in [1.807, 2.05) is 36.4 Å². The van der Waals surface area contributed by atoms with Crippen molar-refractivity contribution in [3.05, 3.63) is 59.7 Å². The Bertz CT molecular complexity index is 549. The van der Waals surface area contributed by atoms with Gasteiger partial charge in [-0.15, -0.1) is 0 Å². The Morgan fingerprint density at radius 1 is 0.650 bits per heavy atom. The predicted molar refractivity (Wildman–Crippen MR) is 75.4 cm³/mol. The Hall–Kier alpha value is -2.98. The lowest BCUT2D eigenvalue weighted by Crippen LogP contribution is -1.83. The van der Waals surface area contributed by atoms with E-state index >= 15 is 0 Å². The number of methoxy groups -OCH3 is 2. The van der Waals surface area contributed by atoms with Crippen molar-refractivity contribution in [1.29, 1.82) is 10.5 Å². The van der Waals surface area contributed by atoms with Crippen LogP contribution in [-0.2, 0) is 0 Å². The van der Waals surface area contributed by atoms with Crippen molar-refractivity contribution in [3.8, 4) is 23.6 Å². The molecule has 0 bridgehead atoms. The first-order valence-corrected chi connectivity index (χ1v) is 5.81. The SMILES string of the molecule is COc1ccc(OC)cc1.N#Cc1ccc(C#N)cc1. The first-order valence-electron chi connectivity index (χ1n) is 5.81. The maximum absolute atomic E-state index is 8.37. The zero-order chi connectivity index (χ0) is 14.8. The fourth-order valence-electron chi connectivity index (χ4n) is 1.33. The van der Waals surface area contributed by atoms with Crippen LogP contribution < -0.4 is 9.47 Å². The van der Waals surface area contributed by atoms with E-state index in [1.54, 1.807) is 38.5 Å². The summed E-state index contributed by atoms with van der Waals surface area (Å²) < 4.78 is 9.92. The van der Waals surface area contributed by atoms with Gasteiger partial charge < -0.3 is 9.47 Å². The van der Waals surface area contributed by atoms with Crippen LogP contribution in [-0.4, -0.2) is 14.2 Å². The number of nitrogens with zero attached hydrogens (tertiary/aromatic N) is 2. The van der Waals surface area contributed by atoms with Crippen LogP contribution in [0.2, 0.25) is 0 Å². The molecule has 0 N–H and O–H groups in total. The van der Waals surface area contributed by atoms with Crippen molar-refractivity contribution in [2.24, 2.45) is 0 Å². The predicted octanol–water partition coefficient (Wildman–Crippen LogP) is 3.13. The van der Waals surface area contributed by atoms with Gasteiger partial charge in [-0.2, -0.15) is 10.5 Å². The molecule has 2 aromatic carbocycles. The lowest BCUT2D eigenvalue weighted by atomic mass is 10.2. The minimum atomic E-state index is 0.582. The second-order valence-corrected chi connectivity index (χ2v) is 3.68. The Morgan fingerprint density at radius 3 is 1.15 bits per heavy atom. The number of nitriles is 2. The minimum absolute atomic E-state index is 0.582. The van der Waals surface area contributed by atoms with E-state index in [9.17, 15) is 0 Å². The average molecular weight is 266 g/mol. The third kappa shape index (κ3) is 4.72. The monoisotopic (exact) mass is 266 g/mol. The third-order valence-electron chi connectivity index (χ3n) is 2.44. The van der Waals surface area contributed by atoms with E-state index in [1.165, 1.54) is 0 Å². The number of rotatable bonds is 2. The molecule has 0 heterocycles. The summed E-state index contributed by atoms with van der Waals surface area (Å²) >= 11 is 0. The molecule has 0 aliphatic heterocycles. The molecule has 0 unspecified atom stereocenters. The molecule has 0 aromatic heterocycles. The van der Waals surface area contributed by atoms with Gasteiger partial charge in [0, 0.05) is 0 Å². The fraction of sp³-hybridized carbons (Fsp3) is 0.125. The summed E-state index contributed by atoms with van der Waals surface area (Å²) in [5.74, 6) is 1.70. The molecule has 2 aromatic rings. The van der Waals surface area contributed by atoms with E-state index in [4.69, 9.17) is 20.0 Å². The highest BCUT2D eigenvalue weighted by Gasteiger charge is 1.90. The van der Waals surface area contributed by atoms with Crippen LogP contribution in [0, 0.1) is 22.7 Å². The normalized spacial score (nSPS) is 8.40. The molecule has 0 aliphatic rings. The molecular formula is C16H14N2O2. The second-order valence-electron chi connectivity index (χ2n) is 3.68. The molecule has 2 rings (SSSR count). The van der Waals surface area contributed by atoms with Crippen LogP contribution in [0.1, 0.15) is 11.1 Å². The molecule has 0 atom stereocenters. The Morgan fingerprint density at radius 2 is 0.950 bits per heavy atom. The standard InChI is InChI=1S/C8H4N2.C8H10O2/c9-5-7-1-2-8(6-10)4-3-7;1-9-7-3-5-8(10-2)6-4-7/h1-4H;3-6H,1-2H3. The lowest BCUT2D eigenvalue weighted by Gasteiger charge is -2.00. The largest absolute Gasteiger partial charge is 0.497 e. The van der Waals surface area contributed by atoms with Gasteiger partial charge in [0.05, 0.1) is 37.5 Å². The van der Waals surface area contributed by atoms with Crippen LogP contribution in [0.5, 0.6) is 11.5 Å². The molecular weight excluding hydrogens is 252 g/mol. The molecule has 0 spiro atoms. The van der Waals surface area contributed by atoms with Gasteiger partial charge in [-0.05, 0) is 48.5 Å². The van der Waals surface area contributed by atoms with Crippen LogP contribution in [0.3, 0.4) is 0 Å². The molecule has 0 aliphatic carbocycles. The van der Waals surface area contributed by atoms with Gasteiger partial charge in [0.1, 0.15) is 11.5 Å². The maximum Gasteiger partial charge on any atom is 0.119 e. The van der Waals surface area contributed by atoms with Gasteiger partial charge in [0.25, 0.3) is 0 Å². The molecule has 0 amide bonds. The molecule has 100 valence electrons. The van der Waals surface area contributed by atoms with Gasteiger partial charge in [-0.25, -0.2) is 0 Å². The fourth-order valence-corrected chi connectivity index (χ4v) is 1.33. The van der Waals surface area contributed by atoms with E-state index in [-0.39, 0.29) is 0 Å². The Kier molecular flexibility index (Phi) is 6.17. The number of benzene rings is 2. The minimum Gasteiger partial charge on any atom is -0.497 e. The third-order valence-corrected chi connectivity index (χ3v) is 2.44. The smallest absolute Gasteiger partial charge is 0.119 e. The topological polar surface area (TPSA) is 66.0 Å². The molecule has 20 heavy (non-hydrogen) atoms. The molecule has 4 heteroatoms. The van der Waals surface area contributed by atoms with E-state index < -0.39 is 0 Å². The van der Waals surface area contributed by atoms with Crippen molar-refractivity contribution in [3.63, 3.8) is 0 Å². The Balaban J connectivity index is 0.000000200. The first kappa shape index (κ1) is 15.1. The zero-order valence-electron chi connectivity index (χ0n) is 11.3. The number of ether oxygens (including phenoxy) is 2. The van der Waals surface area contributed by atoms with Crippen LogP contribution in [0.15, 0.2) is 48.5 Å². The van der Waals surface area contributed by atoms with E-state index in [0.717, 1.165) is 11.5 Å². The van der Waals surface area contributed by atoms with Crippen molar-refractivity contribution in [1.82, 2.24) is 0 Å². The zero-order valence-corrected chi connectivity index (χ0v) is 11.3. The Labute approximate surface area is 118 Å². The maximum atomic E-state index is 8.37.